The molecule has 3 aliphatic heterocycles. The molecule has 4 atom stereocenters. The van der Waals surface area contributed by atoms with Crippen LogP contribution < -0.4 is 19.5 Å². The van der Waals surface area contributed by atoms with Gasteiger partial charge in [-0.05, 0) is 41.4 Å². The smallest absolute Gasteiger partial charge is 0.341 e. The van der Waals surface area contributed by atoms with E-state index in [4.69, 9.17) is 23.7 Å². The largest absolute Gasteiger partial charge is 0.454 e. The molecule has 1 aromatic carbocycles. The fourth-order valence-electron chi connectivity index (χ4n) is 3.93. The molecule has 0 amide bonds. The van der Waals surface area contributed by atoms with Crippen molar-refractivity contribution in [2.75, 3.05) is 26.6 Å². The number of fused-ring (bicyclic) bond motifs is 2. The summed E-state index contributed by atoms with van der Waals surface area (Å²) in [5.41, 5.74) is 0. The molecule has 5 rings (SSSR count). The van der Waals surface area contributed by atoms with E-state index in [0.29, 0.717) is 36.4 Å². The van der Waals surface area contributed by atoms with E-state index >= 15 is 0 Å². The molecule has 156 valence electrons. The zero-order chi connectivity index (χ0) is 19.8. The summed E-state index contributed by atoms with van der Waals surface area (Å²) in [5.74, 6) is 2.57. The lowest BCUT2D eigenvalue weighted by Crippen LogP contribution is -2.41. The summed E-state index contributed by atoms with van der Waals surface area (Å²) in [6.45, 7) is 6.69. The summed E-state index contributed by atoms with van der Waals surface area (Å²) in [5, 5.41) is 15.5. The molecule has 0 spiro atoms. The van der Waals surface area contributed by atoms with Crippen molar-refractivity contribution >= 4 is 0 Å². The van der Waals surface area contributed by atoms with E-state index in [2.05, 4.69) is 34.7 Å². The first-order valence-electron chi connectivity index (χ1n) is 10.0. The van der Waals surface area contributed by atoms with Crippen molar-refractivity contribution < 1.29 is 23.7 Å². The van der Waals surface area contributed by atoms with E-state index in [-0.39, 0.29) is 37.1 Å². The fraction of sp³-hybridized carbons (Fsp3) is 0.632. The van der Waals surface area contributed by atoms with Crippen LogP contribution in [0.4, 0.5) is 0 Å². The van der Waals surface area contributed by atoms with Crippen molar-refractivity contribution in [3.63, 3.8) is 0 Å². The maximum absolute atomic E-state index is 6.05. The lowest BCUT2D eigenvalue weighted by molar-refractivity contribution is 0.0611. The van der Waals surface area contributed by atoms with Crippen molar-refractivity contribution in [3.05, 3.63) is 18.2 Å². The Balaban J connectivity index is 1.27. The lowest BCUT2D eigenvalue weighted by Gasteiger charge is -2.18. The number of nitrogens with one attached hydrogen (secondary N) is 1. The molecular weight excluding hydrogens is 378 g/mol. The number of ether oxygens (including phenoxy) is 5. The Morgan fingerprint density at radius 2 is 2.03 bits per heavy atom. The third kappa shape index (κ3) is 3.63. The van der Waals surface area contributed by atoms with Gasteiger partial charge in [0.2, 0.25) is 6.79 Å². The van der Waals surface area contributed by atoms with Gasteiger partial charge >= 0.3 is 6.01 Å². The van der Waals surface area contributed by atoms with E-state index in [1.54, 1.807) is 22.9 Å². The Labute approximate surface area is 168 Å². The summed E-state index contributed by atoms with van der Waals surface area (Å²) < 4.78 is 30.4. The van der Waals surface area contributed by atoms with Crippen LogP contribution in [0.1, 0.15) is 26.3 Å². The highest BCUT2D eigenvalue weighted by Crippen LogP contribution is 2.38. The van der Waals surface area contributed by atoms with Gasteiger partial charge < -0.3 is 29.0 Å². The standard InChI is InChI=1S/C19H25N5O5/c1-11(2)5-6-20-13-8-25-18-14(9-26-17(13)18)24-19(21-22-23-24)29-12-3-4-15-16(7-12)28-10-27-15/h3-4,7,11,13-14,17-18,20H,5-6,8-10H2,1-2H3/t13-,14-,17+,18+/m0/s1. The summed E-state index contributed by atoms with van der Waals surface area (Å²) in [4.78, 5) is 0. The lowest BCUT2D eigenvalue weighted by atomic mass is 10.1. The third-order valence-electron chi connectivity index (χ3n) is 5.49. The fourth-order valence-corrected chi connectivity index (χ4v) is 3.93. The van der Waals surface area contributed by atoms with E-state index in [1.165, 1.54) is 0 Å². The van der Waals surface area contributed by atoms with Gasteiger partial charge in [0.25, 0.3) is 0 Å². The van der Waals surface area contributed by atoms with Gasteiger partial charge in [0, 0.05) is 6.07 Å². The molecule has 0 aliphatic carbocycles. The van der Waals surface area contributed by atoms with Crippen molar-refractivity contribution in [2.45, 2.75) is 44.6 Å². The average molecular weight is 403 g/mol. The van der Waals surface area contributed by atoms with Crippen LogP contribution in [0.5, 0.6) is 23.3 Å². The Morgan fingerprint density at radius 3 is 2.93 bits per heavy atom. The summed E-state index contributed by atoms with van der Waals surface area (Å²) in [6.07, 6.45) is 0.988. The van der Waals surface area contributed by atoms with E-state index in [9.17, 15) is 0 Å². The van der Waals surface area contributed by atoms with Crippen LogP contribution in [0.15, 0.2) is 18.2 Å². The number of hydrogen-bond acceptors (Lipinski definition) is 9. The number of nitrogens with zero attached hydrogens (tertiary/aromatic N) is 4. The highest BCUT2D eigenvalue weighted by Gasteiger charge is 2.49. The maximum atomic E-state index is 6.05. The van der Waals surface area contributed by atoms with Crippen molar-refractivity contribution in [2.24, 2.45) is 5.92 Å². The van der Waals surface area contributed by atoms with Crippen LogP contribution in [0.3, 0.4) is 0 Å². The first kappa shape index (κ1) is 18.6. The van der Waals surface area contributed by atoms with Crippen molar-refractivity contribution in [3.8, 4) is 23.3 Å². The predicted molar refractivity (Wildman–Crippen MR) is 100 cm³/mol. The molecule has 0 unspecified atom stereocenters. The van der Waals surface area contributed by atoms with Crippen LogP contribution >= 0.6 is 0 Å². The Morgan fingerprint density at radius 1 is 1.17 bits per heavy atom. The van der Waals surface area contributed by atoms with Crippen molar-refractivity contribution in [1.29, 1.82) is 0 Å². The Kier molecular flexibility index (Phi) is 4.98. The van der Waals surface area contributed by atoms with Gasteiger partial charge in [0.05, 0.1) is 19.3 Å². The highest BCUT2D eigenvalue weighted by molar-refractivity contribution is 5.47. The minimum atomic E-state index is -0.143. The maximum Gasteiger partial charge on any atom is 0.341 e. The topological polar surface area (TPSA) is 102 Å². The molecule has 29 heavy (non-hydrogen) atoms. The van der Waals surface area contributed by atoms with Gasteiger partial charge in [0.15, 0.2) is 11.5 Å². The SMILES string of the molecule is CC(C)CCN[C@H]1CO[C@H]2[C@@H]1OC[C@@H]2n1nnnc1Oc1ccc2c(c1)OCO2. The number of rotatable bonds is 7. The van der Waals surface area contributed by atoms with Crippen LogP contribution in [0, 0.1) is 5.92 Å². The van der Waals surface area contributed by atoms with Gasteiger partial charge in [-0.3, -0.25) is 0 Å². The molecule has 0 radical (unpaired) electrons. The summed E-state index contributed by atoms with van der Waals surface area (Å²) in [6, 6.07) is 5.68. The molecule has 0 bridgehead atoms. The van der Waals surface area contributed by atoms with E-state index < -0.39 is 0 Å². The minimum absolute atomic E-state index is 0.0187. The number of aromatic nitrogens is 4. The molecule has 10 nitrogen and oxygen atoms in total. The summed E-state index contributed by atoms with van der Waals surface area (Å²) >= 11 is 0. The van der Waals surface area contributed by atoms with Gasteiger partial charge in [0.1, 0.15) is 24.0 Å². The molecule has 10 heteroatoms. The summed E-state index contributed by atoms with van der Waals surface area (Å²) in [7, 11) is 0. The van der Waals surface area contributed by atoms with Crippen LogP contribution in [0.2, 0.25) is 0 Å². The average Bonchev–Trinajstić information content (AvgIpc) is 3.46. The highest BCUT2D eigenvalue weighted by atomic mass is 16.7. The molecule has 4 heterocycles. The van der Waals surface area contributed by atoms with Gasteiger partial charge in [-0.2, -0.15) is 4.68 Å². The number of benzene rings is 1. The van der Waals surface area contributed by atoms with Gasteiger partial charge in [-0.1, -0.05) is 18.9 Å². The number of tetrazole rings is 1. The molecular formula is C19H25N5O5. The molecule has 2 fully saturated rings. The molecule has 0 saturated carbocycles. The number of hydrogen-bond donors (Lipinski definition) is 1. The normalized spacial score (nSPS) is 27.6. The van der Waals surface area contributed by atoms with Crippen LogP contribution in [0.25, 0.3) is 0 Å². The molecule has 2 aromatic rings. The molecule has 3 aliphatic rings. The third-order valence-corrected chi connectivity index (χ3v) is 5.49. The van der Waals surface area contributed by atoms with Gasteiger partial charge in [-0.25, -0.2) is 0 Å². The Hall–Kier alpha value is -2.43. The van der Waals surface area contributed by atoms with Crippen LogP contribution in [-0.2, 0) is 9.47 Å². The molecule has 2 saturated heterocycles. The van der Waals surface area contributed by atoms with E-state index in [1.807, 2.05) is 0 Å². The molecule has 1 aromatic heterocycles. The quantitative estimate of drug-likeness (QED) is 0.737. The second-order valence-electron chi connectivity index (χ2n) is 7.93. The second kappa shape index (κ2) is 7.77. The van der Waals surface area contributed by atoms with Gasteiger partial charge in [-0.15, -0.1) is 0 Å². The monoisotopic (exact) mass is 403 g/mol. The zero-order valence-electron chi connectivity index (χ0n) is 16.5. The van der Waals surface area contributed by atoms with Crippen LogP contribution in [-0.4, -0.2) is 65.0 Å². The van der Waals surface area contributed by atoms with E-state index in [0.717, 1.165) is 13.0 Å². The zero-order valence-corrected chi connectivity index (χ0v) is 16.5. The van der Waals surface area contributed by atoms with Crippen molar-refractivity contribution in [1.82, 2.24) is 25.5 Å². The minimum Gasteiger partial charge on any atom is -0.454 e. The second-order valence-corrected chi connectivity index (χ2v) is 7.93. The molecule has 1 N–H and O–H groups in total. The first-order chi connectivity index (χ1) is 14.2. The predicted octanol–water partition coefficient (Wildman–Crippen LogP) is 1.54. The first-order valence-corrected chi connectivity index (χ1v) is 10.0. The Bertz CT molecular complexity index is 859.